The molecule has 0 radical (unpaired) electrons. The van der Waals surface area contributed by atoms with Gasteiger partial charge < -0.3 is 19.7 Å². The Morgan fingerprint density at radius 3 is 2.66 bits per heavy atom. The first kappa shape index (κ1) is 23.7. The molecule has 2 heterocycles. The van der Waals surface area contributed by atoms with Crippen molar-refractivity contribution in [2.24, 2.45) is 16.8 Å². The molecule has 29 heavy (non-hydrogen) atoms. The van der Waals surface area contributed by atoms with Gasteiger partial charge in [0.2, 0.25) is 5.88 Å². The van der Waals surface area contributed by atoms with E-state index in [1.807, 2.05) is 18.3 Å². The first-order valence-corrected chi connectivity index (χ1v) is 10.3. The molecule has 0 amide bonds. The number of halogens is 1. The van der Waals surface area contributed by atoms with E-state index >= 15 is 0 Å². The molecule has 1 aromatic heterocycles. The van der Waals surface area contributed by atoms with E-state index in [4.69, 9.17) is 9.47 Å². The number of hydrogen-bond donors (Lipinski definition) is 1. The van der Waals surface area contributed by atoms with E-state index < -0.39 is 0 Å². The van der Waals surface area contributed by atoms with Crippen LogP contribution in [0.5, 0.6) is 5.88 Å². The van der Waals surface area contributed by atoms with Crippen molar-refractivity contribution in [3.05, 3.63) is 23.9 Å². The topological polar surface area (TPSA) is 76.1 Å². The van der Waals surface area contributed by atoms with Gasteiger partial charge in [0.25, 0.3) is 0 Å². The number of methoxy groups -OCH3 is 1. The SMILES string of the molecule is CN=C(NCc1ccc(OC2CCCCC2)nc1)N1CC(C)C(C(=O)OC)C1.I. The van der Waals surface area contributed by atoms with Gasteiger partial charge in [0.1, 0.15) is 6.10 Å². The zero-order chi connectivity index (χ0) is 19.9. The van der Waals surface area contributed by atoms with Crippen LogP contribution in [0.4, 0.5) is 0 Å². The molecule has 2 fully saturated rings. The standard InChI is InChI=1S/C21H32N4O3.HI/c1-15-13-25(14-18(15)20(26)27-3)21(22-2)24-12-16-9-10-19(23-11-16)28-17-7-5-4-6-8-17;/h9-11,15,17-18H,4-8,12-14H2,1-3H3,(H,22,24);1H. The van der Waals surface area contributed by atoms with E-state index in [-0.39, 0.29) is 41.8 Å². The molecule has 1 saturated carbocycles. The summed E-state index contributed by atoms with van der Waals surface area (Å²) >= 11 is 0. The van der Waals surface area contributed by atoms with Crippen LogP contribution in [0.2, 0.25) is 0 Å². The monoisotopic (exact) mass is 516 g/mol. The summed E-state index contributed by atoms with van der Waals surface area (Å²) in [4.78, 5) is 22.8. The van der Waals surface area contributed by atoms with Crippen molar-refractivity contribution >= 4 is 35.9 Å². The molecule has 0 spiro atoms. The molecule has 0 aromatic carbocycles. The molecule has 1 N–H and O–H groups in total. The zero-order valence-electron chi connectivity index (χ0n) is 17.6. The predicted molar refractivity (Wildman–Crippen MR) is 124 cm³/mol. The van der Waals surface area contributed by atoms with Gasteiger partial charge in [0.15, 0.2) is 5.96 Å². The van der Waals surface area contributed by atoms with Gasteiger partial charge in [-0.2, -0.15) is 0 Å². The molecule has 2 unspecified atom stereocenters. The molecule has 162 valence electrons. The average molecular weight is 516 g/mol. The summed E-state index contributed by atoms with van der Waals surface area (Å²) in [5, 5.41) is 3.37. The van der Waals surface area contributed by atoms with Gasteiger partial charge in [-0.05, 0) is 37.2 Å². The summed E-state index contributed by atoms with van der Waals surface area (Å²) in [5.74, 6) is 1.48. The van der Waals surface area contributed by atoms with Crippen LogP contribution in [0.25, 0.3) is 0 Å². The molecule has 0 bridgehead atoms. The fourth-order valence-electron chi connectivity index (χ4n) is 4.05. The number of ether oxygens (including phenoxy) is 2. The van der Waals surface area contributed by atoms with E-state index in [2.05, 4.69) is 27.1 Å². The molecule has 1 aromatic rings. The Labute approximate surface area is 190 Å². The fraction of sp³-hybridized carbons (Fsp3) is 0.667. The first-order valence-electron chi connectivity index (χ1n) is 10.3. The molecule has 1 aliphatic carbocycles. The minimum atomic E-state index is -0.150. The van der Waals surface area contributed by atoms with Crippen molar-refractivity contribution in [2.45, 2.75) is 51.7 Å². The van der Waals surface area contributed by atoms with Crippen LogP contribution in [0, 0.1) is 11.8 Å². The third-order valence-corrected chi connectivity index (χ3v) is 5.72. The highest BCUT2D eigenvalue weighted by atomic mass is 127. The summed E-state index contributed by atoms with van der Waals surface area (Å²) in [6.07, 6.45) is 8.22. The number of esters is 1. The highest BCUT2D eigenvalue weighted by Crippen LogP contribution is 2.24. The largest absolute Gasteiger partial charge is 0.474 e. The Morgan fingerprint density at radius 2 is 2.03 bits per heavy atom. The van der Waals surface area contributed by atoms with Crippen LogP contribution in [0.3, 0.4) is 0 Å². The Hall–Kier alpha value is -1.58. The van der Waals surface area contributed by atoms with Gasteiger partial charge in [-0.15, -0.1) is 24.0 Å². The quantitative estimate of drug-likeness (QED) is 0.281. The maximum atomic E-state index is 11.9. The number of nitrogens with one attached hydrogen (secondary N) is 1. The molecular formula is C21H33IN4O3. The second-order valence-electron chi connectivity index (χ2n) is 7.80. The van der Waals surface area contributed by atoms with Gasteiger partial charge in [0, 0.05) is 38.9 Å². The molecular weight excluding hydrogens is 483 g/mol. The van der Waals surface area contributed by atoms with Gasteiger partial charge in [-0.1, -0.05) is 19.4 Å². The van der Waals surface area contributed by atoms with Crippen molar-refractivity contribution in [3.8, 4) is 5.88 Å². The number of guanidine groups is 1. The third-order valence-electron chi connectivity index (χ3n) is 5.72. The van der Waals surface area contributed by atoms with Crippen molar-refractivity contribution in [1.29, 1.82) is 0 Å². The molecule has 2 aliphatic rings. The number of carbonyl (C=O) groups excluding carboxylic acids is 1. The minimum Gasteiger partial charge on any atom is -0.474 e. The minimum absolute atomic E-state index is 0. The lowest BCUT2D eigenvalue weighted by Crippen LogP contribution is -2.40. The van der Waals surface area contributed by atoms with Gasteiger partial charge in [-0.25, -0.2) is 4.98 Å². The van der Waals surface area contributed by atoms with Gasteiger partial charge >= 0.3 is 5.97 Å². The fourth-order valence-corrected chi connectivity index (χ4v) is 4.05. The second kappa shape index (κ2) is 11.6. The van der Waals surface area contributed by atoms with Crippen molar-refractivity contribution in [2.75, 3.05) is 27.2 Å². The Morgan fingerprint density at radius 1 is 1.28 bits per heavy atom. The number of rotatable bonds is 5. The number of aromatic nitrogens is 1. The summed E-state index contributed by atoms with van der Waals surface area (Å²) in [5.41, 5.74) is 1.06. The Balaban J connectivity index is 0.00000300. The molecule has 8 heteroatoms. The predicted octanol–water partition coefficient (Wildman–Crippen LogP) is 3.23. The van der Waals surface area contributed by atoms with Gasteiger partial charge in [-0.3, -0.25) is 9.79 Å². The van der Waals surface area contributed by atoms with E-state index in [0.717, 1.165) is 30.9 Å². The van der Waals surface area contributed by atoms with Crippen LogP contribution in [-0.2, 0) is 16.1 Å². The van der Waals surface area contributed by atoms with Crippen molar-refractivity contribution in [3.63, 3.8) is 0 Å². The highest BCUT2D eigenvalue weighted by molar-refractivity contribution is 14.0. The Kier molecular flexibility index (Phi) is 9.45. The van der Waals surface area contributed by atoms with E-state index in [0.29, 0.717) is 25.1 Å². The summed E-state index contributed by atoms with van der Waals surface area (Å²) in [6, 6.07) is 3.98. The number of nitrogens with zero attached hydrogens (tertiary/aromatic N) is 3. The lowest BCUT2D eigenvalue weighted by Gasteiger charge is -2.22. The van der Waals surface area contributed by atoms with Crippen LogP contribution in [-0.4, -0.2) is 55.2 Å². The van der Waals surface area contributed by atoms with Gasteiger partial charge in [0.05, 0.1) is 13.0 Å². The maximum Gasteiger partial charge on any atom is 0.310 e. The zero-order valence-corrected chi connectivity index (χ0v) is 19.9. The van der Waals surface area contributed by atoms with Crippen LogP contribution >= 0.6 is 24.0 Å². The molecule has 1 saturated heterocycles. The highest BCUT2D eigenvalue weighted by Gasteiger charge is 2.36. The number of hydrogen-bond acceptors (Lipinski definition) is 5. The van der Waals surface area contributed by atoms with Crippen molar-refractivity contribution in [1.82, 2.24) is 15.2 Å². The average Bonchev–Trinajstić information content (AvgIpc) is 3.11. The molecule has 1 aliphatic heterocycles. The van der Waals surface area contributed by atoms with Crippen LogP contribution in [0.1, 0.15) is 44.6 Å². The number of pyridine rings is 1. The van der Waals surface area contributed by atoms with E-state index in [1.165, 1.54) is 26.4 Å². The van der Waals surface area contributed by atoms with Crippen LogP contribution < -0.4 is 10.1 Å². The molecule has 3 rings (SSSR count). The molecule has 7 nitrogen and oxygen atoms in total. The first-order chi connectivity index (χ1) is 13.6. The summed E-state index contributed by atoms with van der Waals surface area (Å²) in [6.45, 7) is 4.10. The second-order valence-corrected chi connectivity index (χ2v) is 7.80. The van der Waals surface area contributed by atoms with E-state index in [9.17, 15) is 4.79 Å². The lowest BCUT2D eigenvalue weighted by molar-refractivity contribution is -0.145. The van der Waals surface area contributed by atoms with E-state index in [1.54, 1.807) is 7.05 Å². The number of aliphatic imine (C=N–C) groups is 1. The molecule has 2 atom stereocenters. The number of carbonyl (C=O) groups is 1. The van der Waals surface area contributed by atoms with Crippen LogP contribution in [0.15, 0.2) is 23.3 Å². The summed E-state index contributed by atoms with van der Waals surface area (Å²) < 4.78 is 10.9. The lowest BCUT2D eigenvalue weighted by atomic mass is 9.98. The smallest absolute Gasteiger partial charge is 0.310 e. The normalized spacial score (nSPS) is 22.7. The van der Waals surface area contributed by atoms with Crippen molar-refractivity contribution < 1.29 is 14.3 Å². The summed E-state index contributed by atoms with van der Waals surface area (Å²) in [7, 11) is 3.21. The maximum absolute atomic E-state index is 11.9. The Bertz CT molecular complexity index is 677. The third kappa shape index (κ3) is 6.45. The number of likely N-dealkylation sites (tertiary alicyclic amines) is 1.